The van der Waals surface area contributed by atoms with Gasteiger partial charge >= 0.3 is 0 Å². The third-order valence-electron chi connectivity index (χ3n) is 9.93. The van der Waals surface area contributed by atoms with Gasteiger partial charge in [0.15, 0.2) is 5.84 Å². The van der Waals surface area contributed by atoms with Crippen molar-refractivity contribution >= 4 is 11.7 Å². The summed E-state index contributed by atoms with van der Waals surface area (Å²) in [5.41, 5.74) is 10.2. The summed E-state index contributed by atoms with van der Waals surface area (Å²) < 4.78 is 0. The van der Waals surface area contributed by atoms with E-state index in [1.54, 1.807) is 0 Å². The van der Waals surface area contributed by atoms with Crippen LogP contribution in [-0.2, 0) is 5.41 Å². The van der Waals surface area contributed by atoms with Crippen LogP contribution >= 0.6 is 0 Å². The fourth-order valence-corrected chi connectivity index (χ4v) is 8.12. The Hall–Kier alpha value is -5.02. The first-order valence-electron chi connectivity index (χ1n) is 15.3. The van der Waals surface area contributed by atoms with E-state index in [1.165, 1.54) is 33.4 Å². The van der Waals surface area contributed by atoms with Gasteiger partial charge in [-0.2, -0.15) is 0 Å². The van der Waals surface area contributed by atoms with E-state index in [0.29, 0.717) is 11.8 Å². The van der Waals surface area contributed by atoms with Crippen molar-refractivity contribution in [2.24, 2.45) is 21.8 Å². The third kappa shape index (κ3) is 3.54. The van der Waals surface area contributed by atoms with Crippen LogP contribution in [0, 0.1) is 11.8 Å². The second-order valence-electron chi connectivity index (χ2n) is 12.1. The summed E-state index contributed by atoms with van der Waals surface area (Å²) in [6, 6.07) is 35.6. The minimum absolute atomic E-state index is 0.189. The van der Waals surface area contributed by atoms with Crippen LogP contribution in [0.2, 0.25) is 0 Å². The number of hydrogen-bond acceptors (Lipinski definition) is 3. The molecule has 0 fully saturated rings. The number of nitrogens with zero attached hydrogens (tertiary/aromatic N) is 2. The Morgan fingerprint density at radius 3 is 2.33 bits per heavy atom. The van der Waals surface area contributed by atoms with Gasteiger partial charge in [-0.25, -0.2) is 9.98 Å². The maximum atomic E-state index is 5.23. The van der Waals surface area contributed by atoms with Gasteiger partial charge in [0.05, 0.1) is 5.41 Å². The molecule has 0 saturated carbocycles. The number of allylic oxidation sites excluding steroid dienone is 7. The summed E-state index contributed by atoms with van der Waals surface area (Å²) >= 11 is 0. The van der Waals surface area contributed by atoms with Gasteiger partial charge in [-0.15, -0.1) is 0 Å². The lowest BCUT2D eigenvalue weighted by Crippen LogP contribution is -2.37. The third-order valence-corrected chi connectivity index (χ3v) is 9.93. The summed E-state index contributed by atoms with van der Waals surface area (Å²) in [5, 5.41) is 3.67. The number of nitrogens with one attached hydrogen (secondary N) is 1. The summed E-state index contributed by atoms with van der Waals surface area (Å²) in [6.07, 6.45) is 18.7. The molecule has 4 aromatic carbocycles. The molecular weight excluding hydrogens is 522 g/mol. The quantitative estimate of drug-likeness (QED) is 0.272. The molecule has 9 rings (SSSR count). The number of benzene rings is 4. The molecule has 4 aromatic rings. The van der Waals surface area contributed by atoms with Gasteiger partial charge < -0.3 is 5.32 Å². The molecule has 5 unspecified atom stereocenters. The number of amidine groups is 2. The Balaban J connectivity index is 1.25. The Morgan fingerprint density at radius 1 is 0.674 bits per heavy atom. The minimum atomic E-state index is -0.264. The Bertz CT molecular complexity index is 1960. The molecule has 3 heteroatoms. The van der Waals surface area contributed by atoms with Crippen LogP contribution in [0.25, 0.3) is 11.1 Å². The molecule has 0 bridgehead atoms. The maximum Gasteiger partial charge on any atom is 0.159 e. The lowest BCUT2D eigenvalue weighted by atomic mass is 9.65. The molecule has 0 radical (unpaired) electrons. The second-order valence-corrected chi connectivity index (χ2v) is 12.1. The first kappa shape index (κ1) is 24.6. The van der Waals surface area contributed by atoms with E-state index in [4.69, 9.17) is 9.98 Å². The summed E-state index contributed by atoms with van der Waals surface area (Å²) in [5.74, 6) is 2.62. The molecule has 5 aliphatic rings. The van der Waals surface area contributed by atoms with Crippen molar-refractivity contribution in [3.63, 3.8) is 0 Å². The highest BCUT2D eigenvalue weighted by atomic mass is 15.2. The zero-order valence-electron chi connectivity index (χ0n) is 23.8. The highest BCUT2D eigenvalue weighted by Crippen LogP contribution is 2.65. The maximum absolute atomic E-state index is 5.23. The molecule has 0 aromatic heterocycles. The van der Waals surface area contributed by atoms with Crippen LogP contribution in [0.5, 0.6) is 0 Å². The zero-order valence-corrected chi connectivity index (χ0v) is 23.8. The largest absolute Gasteiger partial charge is 0.348 e. The average Bonchev–Trinajstić information content (AvgIpc) is 3.56. The Morgan fingerprint density at radius 2 is 1.44 bits per heavy atom. The Kier molecular flexibility index (Phi) is 5.43. The number of aliphatic imine (C=N–C) groups is 2. The van der Waals surface area contributed by atoms with E-state index in [2.05, 4.69) is 151 Å². The number of hydrogen-bond donors (Lipinski definition) is 1. The van der Waals surface area contributed by atoms with Crippen LogP contribution in [0.3, 0.4) is 0 Å². The smallest absolute Gasteiger partial charge is 0.159 e. The van der Waals surface area contributed by atoms with E-state index in [0.717, 1.165) is 29.2 Å². The number of rotatable bonds is 3. The van der Waals surface area contributed by atoms with E-state index in [9.17, 15) is 0 Å². The molecule has 1 aliphatic heterocycles. The summed E-state index contributed by atoms with van der Waals surface area (Å²) in [7, 11) is 0. The molecule has 1 heterocycles. The van der Waals surface area contributed by atoms with Gasteiger partial charge in [0.2, 0.25) is 0 Å². The van der Waals surface area contributed by atoms with Crippen molar-refractivity contribution in [3.8, 4) is 11.1 Å². The SMILES string of the molecule is C1=CCC(C2=NC(c3ccc4c(c3)C3(c5ccccc5-4)c4ccccc4C4C=CC=CC43)=NC(c3ccccc3)N2)C=C1. The molecule has 206 valence electrons. The van der Waals surface area contributed by atoms with E-state index in [1.807, 2.05) is 0 Å². The highest BCUT2D eigenvalue weighted by molar-refractivity contribution is 6.09. The van der Waals surface area contributed by atoms with Crippen LogP contribution < -0.4 is 5.32 Å². The highest BCUT2D eigenvalue weighted by Gasteiger charge is 2.57. The monoisotopic (exact) mass is 553 g/mol. The van der Waals surface area contributed by atoms with Crippen molar-refractivity contribution in [1.29, 1.82) is 0 Å². The molecule has 1 spiro atoms. The van der Waals surface area contributed by atoms with Gasteiger partial charge in [0.1, 0.15) is 12.0 Å². The fourth-order valence-electron chi connectivity index (χ4n) is 8.12. The van der Waals surface area contributed by atoms with Gasteiger partial charge in [0, 0.05) is 23.3 Å². The normalized spacial score (nSPS) is 27.2. The van der Waals surface area contributed by atoms with Crippen LogP contribution in [0.4, 0.5) is 0 Å². The lowest BCUT2D eigenvalue weighted by molar-refractivity contribution is 0.465. The van der Waals surface area contributed by atoms with E-state index >= 15 is 0 Å². The zero-order chi connectivity index (χ0) is 28.4. The molecule has 4 aliphatic carbocycles. The van der Waals surface area contributed by atoms with Crippen molar-refractivity contribution in [2.75, 3.05) is 0 Å². The van der Waals surface area contributed by atoms with Gasteiger partial charge in [-0.1, -0.05) is 140 Å². The standard InChI is InChI=1S/C40H31N3/c1-3-13-26(14-4-1)37-41-38(27-15-5-2-6-16-27)43-39(42-37)28-23-24-32-31-19-9-12-22-35(31)40(36(32)25-28)33-20-10-7-17-29(33)30-18-8-11-21-34(30)40/h1-15,17-25,27,29,33,37H,16H2,(H,41,42,43). The predicted molar refractivity (Wildman–Crippen MR) is 175 cm³/mol. The first-order chi connectivity index (χ1) is 21.3. The molecule has 3 nitrogen and oxygen atoms in total. The van der Waals surface area contributed by atoms with Gasteiger partial charge in [-0.3, -0.25) is 0 Å². The molecule has 1 N–H and O–H groups in total. The van der Waals surface area contributed by atoms with E-state index in [-0.39, 0.29) is 17.5 Å². The molecule has 0 saturated heterocycles. The van der Waals surface area contributed by atoms with Crippen LogP contribution in [-0.4, -0.2) is 11.7 Å². The Labute approximate surface area is 252 Å². The number of fused-ring (bicyclic) bond motifs is 10. The fraction of sp³-hybridized carbons (Fsp3) is 0.150. The van der Waals surface area contributed by atoms with E-state index < -0.39 is 0 Å². The van der Waals surface area contributed by atoms with Gasteiger partial charge in [0.25, 0.3) is 0 Å². The molecular formula is C40H31N3. The molecule has 0 amide bonds. The van der Waals surface area contributed by atoms with Crippen molar-refractivity contribution in [3.05, 3.63) is 179 Å². The van der Waals surface area contributed by atoms with Gasteiger partial charge in [-0.05, 0) is 51.4 Å². The van der Waals surface area contributed by atoms with Crippen molar-refractivity contribution in [1.82, 2.24) is 5.32 Å². The van der Waals surface area contributed by atoms with Crippen LogP contribution in [0.15, 0.2) is 156 Å². The second kappa shape index (κ2) is 9.50. The van der Waals surface area contributed by atoms with Crippen molar-refractivity contribution < 1.29 is 0 Å². The molecule has 43 heavy (non-hydrogen) atoms. The summed E-state index contributed by atoms with van der Waals surface area (Å²) in [6.45, 7) is 0. The van der Waals surface area contributed by atoms with Crippen LogP contribution in [0.1, 0.15) is 51.9 Å². The summed E-state index contributed by atoms with van der Waals surface area (Å²) in [4.78, 5) is 10.4. The lowest BCUT2D eigenvalue weighted by Gasteiger charge is -2.36. The molecule has 5 atom stereocenters. The minimum Gasteiger partial charge on any atom is -0.348 e. The predicted octanol–water partition coefficient (Wildman–Crippen LogP) is 8.42. The first-order valence-corrected chi connectivity index (χ1v) is 15.3. The topological polar surface area (TPSA) is 36.8 Å². The average molecular weight is 554 g/mol. The van der Waals surface area contributed by atoms with Crippen molar-refractivity contribution in [2.45, 2.75) is 23.9 Å².